The molecule has 1 saturated carbocycles. The van der Waals surface area contributed by atoms with Gasteiger partial charge in [-0.05, 0) is 37.0 Å². The van der Waals surface area contributed by atoms with E-state index < -0.39 is 6.61 Å². The van der Waals surface area contributed by atoms with Gasteiger partial charge >= 0.3 is 6.61 Å². The zero-order chi connectivity index (χ0) is 13.6. The smallest absolute Gasteiger partial charge is 0.387 e. The van der Waals surface area contributed by atoms with Gasteiger partial charge < -0.3 is 10.5 Å². The van der Waals surface area contributed by atoms with Gasteiger partial charge in [-0.2, -0.15) is 8.78 Å². The molecule has 2 rings (SSSR count). The van der Waals surface area contributed by atoms with Gasteiger partial charge in [-0.15, -0.1) is 0 Å². The van der Waals surface area contributed by atoms with Crippen LogP contribution in [0.15, 0.2) is 18.2 Å². The highest BCUT2D eigenvalue weighted by Crippen LogP contribution is 2.49. The Morgan fingerprint density at radius 3 is 2.44 bits per heavy atom. The lowest BCUT2D eigenvalue weighted by Crippen LogP contribution is -2.43. The molecule has 0 saturated heterocycles. The molecule has 1 aromatic rings. The average Bonchev–Trinajstić information content (AvgIpc) is 3.00. The van der Waals surface area contributed by atoms with Crippen molar-refractivity contribution in [2.45, 2.75) is 51.2 Å². The van der Waals surface area contributed by atoms with E-state index in [1.807, 2.05) is 6.07 Å². The van der Waals surface area contributed by atoms with Crippen LogP contribution in [-0.2, 0) is 5.41 Å². The minimum Gasteiger partial charge on any atom is -0.435 e. The van der Waals surface area contributed by atoms with Gasteiger partial charge in [0.25, 0.3) is 0 Å². The second-order valence-electron chi connectivity index (χ2n) is 5.64. The number of ether oxygens (including phenoxy) is 1. The summed E-state index contributed by atoms with van der Waals surface area (Å²) in [6.07, 6.45) is 1.94. The molecule has 1 aromatic carbocycles. The van der Waals surface area contributed by atoms with E-state index in [1.54, 1.807) is 19.1 Å². The molecule has 2 nitrogen and oxygen atoms in total. The predicted molar refractivity (Wildman–Crippen MR) is 67.0 cm³/mol. The first-order valence-electron chi connectivity index (χ1n) is 6.11. The van der Waals surface area contributed by atoms with E-state index >= 15 is 0 Å². The Bertz CT molecular complexity index is 453. The van der Waals surface area contributed by atoms with E-state index in [9.17, 15) is 8.78 Å². The third-order valence-corrected chi connectivity index (χ3v) is 4.16. The highest BCUT2D eigenvalue weighted by molar-refractivity contribution is 5.42. The van der Waals surface area contributed by atoms with Crippen molar-refractivity contribution in [3.63, 3.8) is 0 Å². The summed E-state index contributed by atoms with van der Waals surface area (Å²) in [5.41, 5.74) is 7.46. The maximum Gasteiger partial charge on any atom is 0.387 e. The van der Waals surface area contributed by atoms with E-state index in [-0.39, 0.29) is 16.7 Å². The first-order valence-corrected chi connectivity index (χ1v) is 6.11. The normalized spacial score (nSPS) is 17.9. The quantitative estimate of drug-likeness (QED) is 0.895. The lowest BCUT2D eigenvalue weighted by atomic mass is 9.76. The first-order chi connectivity index (χ1) is 8.26. The minimum absolute atomic E-state index is 0.218. The third kappa shape index (κ3) is 2.21. The third-order valence-electron chi connectivity index (χ3n) is 4.16. The topological polar surface area (TPSA) is 35.2 Å². The van der Waals surface area contributed by atoms with Crippen LogP contribution in [0, 0.1) is 6.92 Å². The van der Waals surface area contributed by atoms with E-state index in [1.165, 1.54) is 0 Å². The molecule has 2 N–H and O–H groups in total. The fraction of sp³-hybridized carbons (Fsp3) is 0.571. The van der Waals surface area contributed by atoms with Gasteiger partial charge in [0.2, 0.25) is 0 Å². The Labute approximate surface area is 106 Å². The molecule has 18 heavy (non-hydrogen) atoms. The average molecular weight is 255 g/mol. The van der Waals surface area contributed by atoms with Crippen LogP contribution in [0.25, 0.3) is 0 Å². The number of aryl methyl sites for hydroxylation is 1. The zero-order valence-electron chi connectivity index (χ0n) is 11.0. The van der Waals surface area contributed by atoms with Crippen LogP contribution < -0.4 is 10.5 Å². The van der Waals surface area contributed by atoms with E-state index in [0.717, 1.165) is 18.4 Å². The van der Waals surface area contributed by atoms with Crippen LogP contribution in [0.3, 0.4) is 0 Å². The first kappa shape index (κ1) is 13.3. The van der Waals surface area contributed by atoms with Crippen LogP contribution >= 0.6 is 0 Å². The number of nitrogens with two attached hydrogens (primary N) is 1. The Hall–Kier alpha value is -1.16. The summed E-state index contributed by atoms with van der Waals surface area (Å²) in [5.74, 6) is 0.236. The van der Waals surface area contributed by atoms with Gasteiger partial charge in [-0.25, -0.2) is 0 Å². The molecule has 0 heterocycles. The van der Waals surface area contributed by atoms with Gasteiger partial charge in [-0.3, -0.25) is 0 Å². The molecule has 0 atom stereocenters. The number of alkyl halides is 2. The Morgan fingerprint density at radius 2 is 1.94 bits per heavy atom. The number of halogens is 2. The molecule has 4 heteroatoms. The molecular weight excluding hydrogens is 236 g/mol. The van der Waals surface area contributed by atoms with Crippen LogP contribution in [0.4, 0.5) is 8.78 Å². The molecule has 1 fully saturated rings. The van der Waals surface area contributed by atoms with Crippen LogP contribution in [0.5, 0.6) is 5.75 Å². The van der Waals surface area contributed by atoms with Crippen molar-refractivity contribution >= 4 is 0 Å². The monoisotopic (exact) mass is 255 g/mol. The fourth-order valence-electron chi connectivity index (χ4n) is 2.26. The summed E-state index contributed by atoms with van der Waals surface area (Å²) in [4.78, 5) is 0. The molecule has 0 bridgehead atoms. The molecule has 0 radical (unpaired) electrons. The Morgan fingerprint density at radius 1 is 1.33 bits per heavy atom. The van der Waals surface area contributed by atoms with Crippen molar-refractivity contribution in [2.24, 2.45) is 5.73 Å². The number of rotatable bonds is 4. The lowest BCUT2D eigenvalue weighted by Gasteiger charge is -2.33. The SMILES string of the molecule is Cc1ccc(C(C)(C)C2(N)CC2)cc1OC(F)F. The van der Waals surface area contributed by atoms with Crippen molar-refractivity contribution in [3.05, 3.63) is 29.3 Å². The summed E-state index contributed by atoms with van der Waals surface area (Å²) < 4.78 is 29.2. The van der Waals surface area contributed by atoms with Crippen molar-refractivity contribution in [1.82, 2.24) is 0 Å². The van der Waals surface area contributed by atoms with Crippen LogP contribution in [-0.4, -0.2) is 12.2 Å². The molecule has 0 amide bonds. The van der Waals surface area contributed by atoms with Gasteiger partial charge in [-0.1, -0.05) is 26.0 Å². The molecule has 0 aromatic heterocycles. The Balaban J connectivity index is 2.35. The van der Waals surface area contributed by atoms with Crippen LogP contribution in [0.1, 0.15) is 37.8 Å². The molecule has 0 spiro atoms. The molecule has 0 aliphatic heterocycles. The molecule has 0 unspecified atom stereocenters. The largest absolute Gasteiger partial charge is 0.435 e. The number of benzene rings is 1. The molecule has 100 valence electrons. The minimum atomic E-state index is -2.80. The fourth-order valence-corrected chi connectivity index (χ4v) is 2.26. The lowest BCUT2D eigenvalue weighted by molar-refractivity contribution is -0.0503. The van der Waals surface area contributed by atoms with Gasteiger partial charge in [0, 0.05) is 11.0 Å². The van der Waals surface area contributed by atoms with Gasteiger partial charge in [0.15, 0.2) is 0 Å². The van der Waals surface area contributed by atoms with E-state index in [4.69, 9.17) is 5.73 Å². The summed E-state index contributed by atoms with van der Waals surface area (Å²) in [6.45, 7) is 3.06. The van der Waals surface area contributed by atoms with Gasteiger partial charge in [0.1, 0.15) is 5.75 Å². The second-order valence-corrected chi connectivity index (χ2v) is 5.64. The molecule has 1 aliphatic carbocycles. The summed E-state index contributed by atoms with van der Waals surface area (Å²) >= 11 is 0. The maximum atomic E-state index is 12.3. The number of hydrogen-bond acceptors (Lipinski definition) is 2. The highest BCUT2D eigenvalue weighted by Gasteiger charge is 2.51. The Kier molecular flexibility index (Phi) is 3.09. The highest BCUT2D eigenvalue weighted by atomic mass is 19.3. The molecule has 1 aliphatic rings. The van der Waals surface area contributed by atoms with Crippen molar-refractivity contribution < 1.29 is 13.5 Å². The predicted octanol–water partition coefficient (Wildman–Crippen LogP) is 3.37. The van der Waals surface area contributed by atoms with Gasteiger partial charge in [0.05, 0.1) is 0 Å². The molecular formula is C14H19F2NO. The van der Waals surface area contributed by atoms with Crippen molar-refractivity contribution in [2.75, 3.05) is 0 Å². The number of hydrogen-bond donors (Lipinski definition) is 1. The van der Waals surface area contributed by atoms with Crippen molar-refractivity contribution in [1.29, 1.82) is 0 Å². The van der Waals surface area contributed by atoms with Crippen LogP contribution in [0.2, 0.25) is 0 Å². The van der Waals surface area contributed by atoms with Crippen molar-refractivity contribution in [3.8, 4) is 5.75 Å². The maximum absolute atomic E-state index is 12.3. The standard InChI is InChI=1S/C14H19F2NO/c1-9-4-5-10(8-11(9)18-12(15)16)13(2,3)14(17)6-7-14/h4-5,8,12H,6-7,17H2,1-3H3. The summed E-state index contributed by atoms with van der Waals surface area (Å²) in [5, 5.41) is 0. The second kappa shape index (κ2) is 4.19. The summed E-state index contributed by atoms with van der Waals surface area (Å²) in [7, 11) is 0. The zero-order valence-corrected chi connectivity index (χ0v) is 11.0. The van der Waals surface area contributed by atoms with E-state index in [0.29, 0.717) is 5.56 Å². The van der Waals surface area contributed by atoms with E-state index in [2.05, 4.69) is 18.6 Å². The summed E-state index contributed by atoms with van der Waals surface area (Å²) in [6, 6.07) is 5.44.